The van der Waals surface area contributed by atoms with Crippen molar-refractivity contribution < 1.29 is 67.4 Å². The third kappa shape index (κ3) is 10.7. The fraction of sp³-hybridized carbons (Fsp3) is 0.463. The molecule has 2 unspecified atom stereocenters. The number of carbonyl (C=O) groups is 3. The second-order valence-electron chi connectivity index (χ2n) is 15.5. The molecule has 2 aromatic carbocycles. The van der Waals surface area contributed by atoms with Crippen molar-refractivity contribution in [2.45, 2.75) is 99.2 Å². The summed E-state index contributed by atoms with van der Waals surface area (Å²) in [5, 5.41) is 0.510. The molecule has 0 aliphatic carbocycles. The lowest BCUT2D eigenvalue weighted by Crippen LogP contribution is -2.33. The number of ether oxygens (including phenoxy) is 1. The zero-order chi connectivity index (χ0) is 45.0. The van der Waals surface area contributed by atoms with Gasteiger partial charge in [-0.2, -0.15) is 4.58 Å². The molecule has 0 bridgehead atoms. The molecule has 5 rings (SSSR count). The number of benzene rings is 2. The number of hydroxylamine groups is 2. The lowest BCUT2D eigenvalue weighted by atomic mass is 9.76. The highest BCUT2D eigenvalue weighted by Crippen LogP contribution is 2.51. The Morgan fingerprint density at radius 2 is 1.46 bits per heavy atom. The van der Waals surface area contributed by atoms with Crippen LogP contribution in [-0.4, -0.2) is 105 Å². The minimum Gasteiger partial charge on any atom is -0.748 e. The van der Waals surface area contributed by atoms with Gasteiger partial charge in [0.05, 0.1) is 25.3 Å². The van der Waals surface area contributed by atoms with E-state index in [1.807, 2.05) is 29.4 Å². The number of likely N-dealkylation sites (N-methyl/N-ethyl adjacent to an activating group) is 1. The Labute approximate surface area is 356 Å². The van der Waals surface area contributed by atoms with E-state index in [-0.39, 0.29) is 43.6 Å². The molecule has 3 aliphatic heterocycles. The predicted octanol–water partition coefficient (Wildman–Crippen LogP) is 4.17. The van der Waals surface area contributed by atoms with Crippen LogP contribution in [0.1, 0.15) is 89.7 Å². The van der Waals surface area contributed by atoms with E-state index in [1.54, 1.807) is 37.3 Å². The maximum absolute atomic E-state index is 12.4. The molecule has 61 heavy (non-hydrogen) atoms. The third-order valence-corrected chi connectivity index (χ3v) is 13.8. The fourth-order valence-corrected chi connectivity index (χ4v) is 9.76. The monoisotopic (exact) mass is 903 g/mol. The zero-order valence-corrected chi connectivity index (χ0v) is 36.8. The topological polar surface area (TPSA) is 251 Å². The van der Waals surface area contributed by atoms with Crippen molar-refractivity contribution in [2.75, 3.05) is 37.5 Å². The van der Waals surface area contributed by atoms with E-state index in [2.05, 4.69) is 0 Å². The highest BCUT2D eigenvalue weighted by molar-refractivity contribution is 7.86. The SMILES string of the molecule is CCN1/C(=C/C=C/C=C/C2=[N+](CCCCCC(=O)ON3C(=O)CCC3=O)c3ccc(S(=O)(=O)[O-])cc3C2(C)CCOC)C(C)(CCCS(=O)(=O)[O-])c2cc(S(=O)(=O)[O-])ccc21. The molecule has 1 saturated heterocycles. The van der Waals surface area contributed by atoms with E-state index in [9.17, 15) is 53.3 Å². The molecule has 2 amide bonds. The van der Waals surface area contributed by atoms with Crippen molar-refractivity contribution in [3.63, 3.8) is 0 Å². The smallest absolute Gasteiger partial charge is 0.333 e. The Balaban J connectivity index is 1.46. The molecule has 3 aliphatic rings. The molecule has 0 spiro atoms. The van der Waals surface area contributed by atoms with Crippen LogP contribution in [-0.2, 0) is 65.1 Å². The minimum atomic E-state index is -4.82. The summed E-state index contributed by atoms with van der Waals surface area (Å²) < 4.78 is 115. The second kappa shape index (κ2) is 18.8. The van der Waals surface area contributed by atoms with Crippen molar-refractivity contribution >= 4 is 65.2 Å². The average molecular weight is 904 g/mol. The van der Waals surface area contributed by atoms with Crippen LogP contribution in [0.3, 0.4) is 0 Å². The molecule has 0 N–H and O–H groups in total. The van der Waals surface area contributed by atoms with Crippen LogP contribution >= 0.6 is 0 Å². The standard InChI is InChI=1S/C41H51N3O14S3/c1-5-42-33-18-16-29(60(51,52)53)27-31(33)40(2,22-12-26-59(48,49)50)35(42)13-8-6-9-14-36-41(3,23-25-57-4)32-28-30(61(54,55)56)17-19-34(32)43(36)24-11-7-10-15-39(47)58-44-37(45)20-21-38(44)46/h6,8-9,13-14,16-19,27-28H,5,7,10-12,15,20-26H2,1-4H3,(H2-,48,49,50,51,52,53,54,55,56)/p-2. The van der Waals surface area contributed by atoms with Gasteiger partial charge in [0.1, 0.15) is 26.8 Å². The van der Waals surface area contributed by atoms with Gasteiger partial charge in [0.2, 0.25) is 5.69 Å². The lowest BCUT2D eigenvalue weighted by Gasteiger charge is -2.30. The Kier molecular flexibility index (Phi) is 14.6. The zero-order valence-electron chi connectivity index (χ0n) is 34.3. The lowest BCUT2D eigenvalue weighted by molar-refractivity contribution is -0.438. The third-order valence-electron chi connectivity index (χ3n) is 11.4. The molecule has 332 valence electrons. The Hall–Kier alpha value is -4.57. The first-order valence-corrected chi connectivity index (χ1v) is 24.1. The van der Waals surface area contributed by atoms with Gasteiger partial charge in [0.25, 0.3) is 11.8 Å². The molecule has 20 heteroatoms. The first kappa shape index (κ1) is 47.5. The van der Waals surface area contributed by atoms with E-state index >= 15 is 0 Å². The van der Waals surface area contributed by atoms with Crippen LogP contribution in [0, 0.1) is 0 Å². The van der Waals surface area contributed by atoms with E-state index in [0.29, 0.717) is 72.0 Å². The number of amides is 2. The summed E-state index contributed by atoms with van der Waals surface area (Å²) in [6, 6.07) is 8.30. The average Bonchev–Trinajstić information content (AvgIpc) is 3.71. The van der Waals surface area contributed by atoms with E-state index < -0.39 is 69.6 Å². The maximum Gasteiger partial charge on any atom is 0.333 e. The fourth-order valence-electron chi connectivity index (χ4n) is 8.27. The number of anilines is 1. The maximum atomic E-state index is 12.4. The number of methoxy groups -OCH3 is 1. The second-order valence-corrected chi connectivity index (χ2v) is 19.8. The molecule has 1 fully saturated rings. The summed E-state index contributed by atoms with van der Waals surface area (Å²) in [5.74, 6) is -2.47. The van der Waals surface area contributed by atoms with Crippen LogP contribution in [0.25, 0.3) is 0 Å². The summed E-state index contributed by atoms with van der Waals surface area (Å²) in [4.78, 5) is 42.1. The van der Waals surface area contributed by atoms with Crippen LogP contribution in [0.2, 0.25) is 0 Å². The van der Waals surface area contributed by atoms with Gasteiger partial charge in [0, 0.05) is 86.2 Å². The van der Waals surface area contributed by atoms with Gasteiger partial charge in [-0.25, -0.2) is 30.0 Å². The molecule has 17 nitrogen and oxygen atoms in total. The largest absolute Gasteiger partial charge is 0.748 e. The van der Waals surface area contributed by atoms with Crippen molar-refractivity contribution in [1.82, 2.24) is 5.06 Å². The number of hydrogen-bond acceptors (Lipinski definition) is 15. The van der Waals surface area contributed by atoms with E-state index in [1.165, 1.54) is 37.4 Å². The summed E-state index contributed by atoms with van der Waals surface area (Å²) >= 11 is 0. The van der Waals surface area contributed by atoms with Gasteiger partial charge in [-0.1, -0.05) is 18.2 Å². The van der Waals surface area contributed by atoms with Crippen LogP contribution in [0.5, 0.6) is 0 Å². The van der Waals surface area contributed by atoms with Crippen molar-refractivity contribution in [3.8, 4) is 0 Å². The van der Waals surface area contributed by atoms with Gasteiger partial charge < -0.3 is 28.1 Å². The van der Waals surface area contributed by atoms with Crippen LogP contribution in [0.15, 0.2) is 82.3 Å². The van der Waals surface area contributed by atoms with Gasteiger partial charge in [-0.15, -0.1) is 5.06 Å². The minimum absolute atomic E-state index is 0.0113. The summed E-state index contributed by atoms with van der Waals surface area (Å²) in [6.07, 6.45) is 10.9. The van der Waals surface area contributed by atoms with Crippen molar-refractivity contribution in [3.05, 3.63) is 83.6 Å². The van der Waals surface area contributed by atoms with E-state index in [4.69, 9.17) is 9.57 Å². The van der Waals surface area contributed by atoms with Crippen LogP contribution in [0.4, 0.5) is 11.4 Å². The number of allylic oxidation sites excluding steroid dienone is 6. The molecule has 0 radical (unpaired) electrons. The quantitative estimate of drug-likeness (QED) is 0.0594. The highest BCUT2D eigenvalue weighted by atomic mass is 32.2. The van der Waals surface area contributed by atoms with Crippen LogP contribution < -0.4 is 4.90 Å². The van der Waals surface area contributed by atoms with Gasteiger partial charge in [-0.05, 0) is 94.8 Å². The van der Waals surface area contributed by atoms with Crippen molar-refractivity contribution in [2.24, 2.45) is 0 Å². The number of nitrogens with zero attached hydrogens (tertiary/aromatic N) is 3. The van der Waals surface area contributed by atoms with Crippen molar-refractivity contribution in [1.29, 1.82) is 0 Å². The summed E-state index contributed by atoms with van der Waals surface area (Å²) in [6.45, 7) is 6.75. The molecule has 0 aromatic heterocycles. The van der Waals surface area contributed by atoms with Gasteiger partial charge >= 0.3 is 5.97 Å². The number of unbranched alkanes of at least 4 members (excludes halogenated alkanes) is 2. The number of imide groups is 1. The number of rotatable bonds is 20. The Morgan fingerprint density at radius 1 is 0.820 bits per heavy atom. The molecular formula is C41H49N3O14S3-2. The molecule has 2 aromatic rings. The first-order chi connectivity index (χ1) is 28.5. The molecular weight excluding hydrogens is 855 g/mol. The number of hydrogen-bond donors (Lipinski definition) is 0. The molecule has 3 heterocycles. The Morgan fingerprint density at radius 3 is 2.07 bits per heavy atom. The number of carbonyl (C=O) groups excluding carboxylic acids is 3. The summed E-state index contributed by atoms with van der Waals surface area (Å²) in [7, 11) is -12.6. The molecule has 2 atom stereocenters. The van der Waals surface area contributed by atoms with E-state index in [0.717, 1.165) is 5.71 Å². The number of fused-ring (bicyclic) bond motifs is 2. The summed E-state index contributed by atoms with van der Waals surface area (Å²) in [5.41, 5.74) is 2.05. The first-order valence-electron chi connectivity index (χ1n) is 19.7. The highest BCUT2D eigenvalue weighted by Gasteiger charge is 2.48. The molecule has 0 saturated carbocycles. The van der Waals surface area contributed by atoms with Gasteiger partial charge in [-0.3, -0.25) is 9.59 Å². The Bertz CT molecular complexity index is 2510. The van der Waals surface area contributed by atoms with Gasteiger partial charge in [0.15, 0.2) is 5.71 Å². The predicted molar refractivity (Wildman–Crippen MR) is 219 cm³/mol. The normalized spacial score (nSPS) is 21.5.